The van der Waals surface area contributed by atoms with Gasteiger partial charge in [0.2, 0.25) is 5.91 Å². The fraction of sp³-hybridized carbons (Fsp3) is 0.778. The highest BCUT2D eigenvalue weighted by molar-refractivity contribution is 5.82. The van der Waals surface area contributed by atoms with Gasteiger partial charge in [0, 0.05) is 26.7 Å². The maximum atomic E-state index is 13.0. The third-order valence-electron chi connectivity index (χ3n) is 5.77. The van der Waals surface area contributed by atoms with Crippen molar-refractivity contribution in [2.45, 2.75) is 51.1 Å². The van der Waals surface area contributed by atoms with Crippen molar-refractivity contribution in [3.8, 4) is 0 Å². The summed E-state index contributed by atoms with van der Waals surface area (Å²) in [6.07, 6.45) is 6.80. The molecule has 1 unspecified atom stereocenters. The Morgan fingerprint density at radius 1 is 1.17 bits per heavy atom. The number of carbonyl (C=O) groups excluding carboxylic acids is 1. The van der Waals surface area contributed by atoms with Crippen LogP contribution in [0.1, 0.15) is 42.6 Å². The largest absolute Gasteiger partial charge is 0.378 e. The third kappa shape index (κ3) is 2.97. The number of aromatic nitrogens is 2. The summed E-state index contributed by atoms with van der Waals surface area (Å²) in [5.74, 6) is 0.303. The average molecular weight is 332 g/mol. The monoisotopic (exact) mass is 332 g/mol. The molecule has 0 aromatic carbocycles. The fourth-order valence-electron chi connectivity index (χ4n) is 4.43. The minimum absolute atomic E-state index is 0.0313. The van der Waals surface area contributed by atoms with Gasteiger partial charge in [0.15, 0.2) is 0 Å². The summed E-state index contributed by atoms with van der Waals surface area (Å²) in [5.41, 5.74) is 4.05. The first-order valence-corrected chi connectivity index (χ1v) is 9.38. The Balaban J connectivity index is 1.51. The molecular weight excluding hydrogens is 304 g/mol. The van der Waals surface area contributed by atoms with Gasteiger partial charge in [0.05, 0.1) is 30.6 Å². The summed E-state index contributed by atoms with van der Waals surface area (Å²) < 4.78 is 7.45. The molecule has 1 aromatic heterocycles. The number of ether oxygens (including phenoxy) is 1. The van der Waals surface area contributed by atoms with Gasteiger partial charge in [-0.05, 0) is 44.2 Å². The molecule has 4 rings (SSSR count). The van der Waals surface area contributed by atoms with Gasteiger partial charge in [-0.2, -0.15) is 5.10 Å². The second kappa shape index (κ2) is 6.84. The molecule has 6 heteroatoms. The maximum Gasteiger partial charge on any atom is 0.240 e. The van der Waals surface area contributed by atoms with E-state index in [2.05, 4.69) is 16.6 Å². The van der Waals surface area contributed by atoms with Crippen LogP contribution in [0, 0.1) is 0 Å². The highest BCUT2D eigenvalue weighted by Crippen LogP contribution is 2.28. The molecule has 1 aliphatic carbocycles. The normalized spacial score (nSPS) is 25.0. The fourth-order valence-corrected chi connectivity index (χ4v) is 4.43. The first-order chi connectivity index (χ1) is 11.7. The smallest absolute Gasteiger partial charge is 0.240 e. The summed E-state index contributed by atoms with van der Waals surface area (Å²) in [7, 11) is 2.05. The first kappa shape index (κ1) is 16.1. The zero-order valence-corrected chi connectivity index (χ0v) is 14.7. The predicted octanol–water partition coefficient (Wildman–Crippen LogP) is 1.12. The quantitative estimate of drug-likeness (QED) is 0.832. The van der Waals surface area contributed by atoms with Crippen LogP contribution in [0.25, 0.3) is 0 Å². The Morgan fingerprint density at radius 2 is 2.00 bits per heavy atom. The van der Waals surface area contributed by atoms with Gasteiger partial charge in [-0.3, -0.25) is 14.4 Å². The van der Waals surface area contributed by atoms with E-state index in [0.717, 1.165) is 51.9 Å². The lowest BCUT2D eigenvalue weighted by molar-refractivity contribution is -0.142. The van der Waals surface area contributed by atoms with Gasteiger partial charge in [-0.1, -0.05) is 6.42 Å². The van der Waals surface area contributed by atoms with E-state index in [1.165, 1.54) is 29.8 Å². The number of fused-ring (bicyclic) bond motifs is 1. The van der Waals surface area contributed by atoms with Gasteiger partial charge in [-0.25, -0.2) is 0 Å². The standard InChI is InChI=1S/C18H28N4O2/c1-20-17(14-5-4-6-15(14)19-20)13-22-8-3-2-7-16(22)18(23)21-9-11-24-12-10-21/h16H,2-13H2,1H3. The van der Waals surface area contributed by atoms with Crippen molar-refractivity contribution >= 4 is 5.91 Å². The number of amides is 1. The highest BCUT2D eigenvalue weighted by atomic mass is 16.5. The molecule has 0 radical (unpaired) electrons. The van der Waals surface area contributed by atoms with Crippen LogP contribution in [0.5, 0.6) is 0 Å². The molecule has 1 amide bonds. The highest BCUT2D eigenvalue weighted by Gasteiger charge is 2.34. The van der Waals surface area contributed by atoms with E-state index in [1.54, 1.807) is 0 Å². The number of likely N-dealkylation sites (tertiary alicyclic amines) is 1. The number of aryl methyl sites for hydroxylation is 2. The maximum absolute atomic E-state index is 13.0. The van der Waals surface area contributed by atoms with Crippen LogP contribution in [-0.4, -0.2) is 64.4 Å². The van der Waals surface area contributed by atoms with Gasteiger partial charge in [-0.15, -0.1) is 0 Å². The summed E-state index contributed by atoms with van der Waals surface area (Å²) in [6.45, 7) is 4.70. The van der Waals surface area contributed by atoms with Crippen LogP contribution in [-0.2, 0) is 36.0 Å². The zero-order valence-electron chi connectivity index (χ0n) is 14.7. The summed E-state index contributed by atoms with van der Waals surface area (Å²) in [6, 6.07) is 0.0313. The van der Waals surface area contributed by atoms with Crippen molar-refractivity contribution in [2.24, 2.45) is 7.05 Å². The molecule has 0 bridgehead atoms. The van der Waals surface area contributed by atoms with Gasteiger partial charge in [0.25, 0.3) is 0 Å². The van der Waals surface area contributed by atoms with E-state index in [0.29, 0.717) is 19.1 Å². The number of rotatable bonds is 3. The molecule has 24 heavy (non-hydrogen) atoms. The van der Waals surface area contributed by atoms with Crippen LogP contribution in [0.4, 0.5) is 0 Å². The molecule has 6 nitrogen and oxygen atoms in total. The lowest BCUT2D eigenvalue weighted by Crippen LogP contribution is -2.53. The Labute approximate surface area is 143 Å². The molecule has 0 N–H and O–H groups in total. The van der Waals surface area contributed by atoms with Crippen LogP contribution in [0.3, 0.4) is 0 Å². The van der Waals surface area contributed by atoms with Crippen molar-refractivity contribution in [2.75, 3.05) is 32.8 Å². The van der Waals surface area contributed by atoms with Crippen LogP contribution >= 0.6 is 0 Å². The number of hydrogen-bond acceptors (Lipinski definition) is 4. The molecule has 2 saturated heterocycles. The molecular formula is C18H28N4O2. The summed E-state index contributed by atoms with van der Waals surface area (Å²) >= 11 is 0. The Morgan fingerprint density at radius 3 is 2.83 bits per heavy atom. The van der Waals surface area contributed by atoms with Crippen LogP contribution in [0.2, 0.25) is 0 Å². The van der Waals surface area contributed by atoms with E-state index in [-0.39, 0.29) is 6.04 Å². The van der Waals surface area contributed by atoms with E-state index in [4.69, 9.17) is 9.84 Å². The number of carbonyl (C=O) groups is 1. The van der Waals surface area contributed by atoms with Crippen molar-refractivity contribution in [3.63, 3.8) is 0 Å². The van der Waals surface area contributed by atoms with Crippen molar-refractivity contribution in [1.82, 2.24) is 19.6 Å². The van der Waals surface area contributed by atoms with Crippen LogP contribution in [0.15, 0.2) is 0 Å². The average Bonchev–Trinajstić information content (AvgIpc) is 3.18. The molecule has 0 saturated carbocycles. The summed E-state index contributed by atoms with van der Waals surface area (Å²) in [4.78, 5) is 17.4. The topological polar surface area (TPSA) is 50.6 Å². The van der Waals surface area contributed by atoms with Crippen molar-refractivity contribution < 1.29 is 9.53 Å². The van der Waals surface area contributed by atoms with E-state index in [9.17, 15) is 4.79 Å². The molecule has 2 aliphatic heterocycles. The second-order valence-corrected chi connectivity index (χ2v) is 7.27. The minimum atomic E-state index is 0.0313. The summed E-state index contributed by atoms with van der Waals surface area (Å²) in [5, 5.41) is 4.69. The molecule has 1 atom stereocenters. The van der Waals surface area contributed by atoms with Crippen LogP contribution < -0.4 is 0 Å². The number of nitrogens with zero attached hydrogens (tertiary/aromatic N) is 4. The van der Waals surface area contributed by atoms with Gasteiger partial charge >= 0.3 is 0 Å². The number of morpholine rings is 1. The number of hydrogen-bond donors (Lipinski definition) is 0. The zero-order chi connectivity index (χ0) is 16.5. The van der Waals surface area contributed by atoms with E-state index >= 15 is 0 Å². The van der Waals surface area contributed by atoms with E-state index < -0.39 is 0 Å². The Kier molecular flexibility index (Phi) is 4.59. The van der Waals surface area contributed by atoms with Crippen molar-refractivity contribution in [3.05, 3.63) is 17.0 Å². The molecule has 0 spiro atoms. The Hall–Kier alpha value is -1.40. The SMILES string of the molecule is Cn1nc2c(c1CN1CCCCC1C(=O)N1CCOCC1)CCC2. The molecule has 1 aromatic rings. The molecule has 2 fully saturated rings. The molecule has 3 aliphatic rings. The molecule has 3 heterocycles. The molecule has 132 valence electrons. The number of piperidine rings is 1. The predicted molar refractivity (Wildman–Crippen MR) is 90.7 cm³/mol. The van der Waals surface area contributed by atoms with Gasteiger partial charge in [0.1, 0.15) is 0 Å². The lowest BCUT2D eigenvalue weighted by atomic mass is 9.99. The van der Waals surface area contributed by atoms with Crippen molar-refractivity contribution in [1.29, 1.82) is 0 Å². The Bertz CT molecular complexity index is 606. The van der Waals surface area contributed by atoms with Gasteiger partial charge < -0.3 is 9.64 Å². The van der Waals surface area contributed by atoms with E-state index in [1.807, 2.05) is 4.90 Å². The lowest BCUT2D eigenvalue weighted by Gasteiger charge is -2.38. The third-order valence-corrected chi connectivity index (χ3v) is 5.77. The first-order valence-electron chi connectivity index (χ1n) is 9.38. The second-order valence-electron chi connectivity index (χ2n) is 7.27. The minimum Gasteiger partial charge on any atom is -0.378 e.